The molecule has 15 heavy (non-hydrogen) atoms. The van der Waals surface area contributed by atoms with Gasteiger partial charge in [-0.25, -0.2) is 13.4 Å². The molecule has 0 radical (unpaired) electrons. The monoisotopic (exact) mass is 229 g/mol. The maximum atomic E-state index is 11.4. The van der Waals surface area contributed by atoms with Gasteiger partial charge in [-0.15, -0.1) is 0 Å². The Morgan fingerprint density at radius 3 is 3.00 bits per heavy atom. The van der Waals surface area contributed by atoms with Crippen LogP contribution >= 0.6 is 0 Å². The van der Waals surface area contributed by atoms with E-state index in [0.717, 1.165) is 18.5 Å². The molecule has 84 valence electrons. The van der Waals surface area contributed by atoms with E-state index in [1.165, 1.54) is 0 Å². The number of anilines is 1. The number of hydrogen-bond acceptors (Lipinski definition) is 4. The molecule has 0 saturated carbocycles. The summed E-state index contributed by atoms with van der Waals surface area (Å²) >= 11 is 0. The Hall–Kier alpha value is -1.04. The summed E-state index contributed by atoms with van der Waals surface area (Å²) in [6.45, 7) is 1.91. The third-order valence-corrected chi connectivity index (χ3v) is 4.33. The van der Waals surface area contributed by atoms with Gasteiger partial charge in [0.2, 0.25) is 5.95 Å². The van der Waals surface area contributed by atoms with Crippen molar-refractivity contribution in [2.75, 3.05) is 16.8 Å². The zero-order valence-corrected chi connectivity index (χ0v) is 9.47. The van der Waals surface area contributed by atoms with Gasteiger partial charge in [-0.2, -0.15) is 0 Å². The molecule has 1 aliphatic rings. The minimum Gasteiger partial charge on any atom is -0.352 e. The molecule has 0 aromatic carbocycles. The molecule has 1 unspecified atom stereocenters. The Balaban J connectivity index is 2.01. The molecule has 1 saturated heterocycles. The Labute approximate surface area is 89.2 Å². The third kappa shape index (κ3) is 2.71. The van der Waals surface area contributed by atoms with Crippen molar-refractivity contribution in [1.82, 2.24) is 9.97 Å². The normalized spacial score (nSPS) is 25.0. The second kappa shape index (κ2) is 3.84. The molecular formula is C9H15N3O2S. The first-order valence-electron chi connectivity index (χ1n) is 5.04. The molecule has 1 aromatic rings. The van der Waals surface area contributed by atoms with Gasteiger partial charge in [-0.3, -0.25) is 0 Å². The fourth-order valence-electron chi connectivity index (χ4n) is 1.82. The first-order valence-corrected chi connectivity index (χ1v) is 6.86. The van der Waals surface area contributed by atoms with Crippen molar-refractivity contribution < 1.29 is 8.42 Å². The van der Waals surface area contributed by atoms with Crippen molar-refractivity contribution in [3.05, 3.63) is 11.9 Å². The highest BCUT2D eigenvalue weighted by molar-refractivity contribution is 7.91. The predicted octanol–water partition coefficient (Wildman–Crippen LogP) is 0.707. The molecule has 0 spiro atoms. The van der Waals surface area contributed by atoms with Gasteiger partial charge in [-0.1, -0.05) is 0 Å². The highest BCUT2D eigenvalue weighted by Gasteiger charge is 2.24. The van der Waals surface area contributed by atoms with Crippen molar-refractivity contribution in [3.63, 3.8) is 0 Å². The molecule has 2 rings (SSSR count). The molecule has 2 N–H and O–H groups in total. The van der Waals surface area contributed by atoms with Gasteiger partial charge in [0.25, 0.3) is 0 Å². The molecule has 1 atom stereocenters. The molecule has 1 aliphatic heterocycles. The van der Waals surface area contributed by atoms with Crippen LogP contribution in [0.3, 0.4) is 0 Å². The number of sulfone groups is 1. The Bertz CT molecular complexity index is 438. The maximum Gasteiger partial charge on any atom is 0.200 e. The number of aromatic amines is 1. The van der Waals surface area contributed by atoms with E-state index in [-0.39, 0.29) is 11.8 Å². The Morgan fingerprint density at radius 2 is 2.40 bits per heavy atom. The fraction of sp³-hybridized carbons (Fsp3) is 0.667. The Morgan fingerprint density at radius 1 is 1.60 bits per heavy atom. The zero-order chi connectivity index (χ0) is 10.9. The van der Waals surface area contributed by atoms with Crippen LogP contribution in [-0.2, 0) is 9.84 Å². The number of H-pyrrole nitrogens is 1. The zero-order valence-electron chi connectivity index (χ0n) is 8.66. The summed E-state index contributed by atoms with van der Waals surface area (Å²) in [5, 5.41) is 3.11. The predicted molar refractivity (Wildman–Crippen MR) is 58.6 cm³/mol. The number of aryl methyl sites for hydroxylation is 1. The van der Waals surface area contributed by atoms with Crippen molar-refractivity contribution in [2.45, 2.75) is 25.8 Å². The first kappa shape index (κ1) is 10.5. The van der Waals surface area contributed by atoms with Crippen molar-refractivity contribution >= 4 is 15.8 Å². The van der Waals surface area contributed by atoms with Gasteiger partial charge >= 0.3 is 0 Å². The van der Waals surface area contributed by atoms with Crippen LogP contribution in [0.4, 0.5) is 5.95 Å². The van der Waals surface area contributed by atoms with E-state index in [1.54, 1.807) is 6.20 Å². The van der Waals surface area contributed by atoms with Crippen molar-refractivity contribution in [2.24, 2.45) is 0 Å². The lowest BCUT2D eigenvalue weighted by Crippen LogP contribution is -2.35. The third-order valence-electron chi connectivity index (χ3n) is 2.51. The van der Waals surface area contributed by atoms with Crippen LogP contribution in [0.15, 0.2) is 6.20 Å². The first-order chi connectivity index (χ1) is 7.05. The van der Waals surface area contributed by atoms with Gasteiger partial charge in [0.15, 0.2) is 9.84 Å². The smallest absolute Gasteiger partial charge is 0.200 e. The molecule has 0 amide bonds. The minimum atomic E-state index is -2.85. The molecule has 5 nitrogen and oxygen atoms in total. The van der Waals surface area contributed by atoms with Crippen molar-refractivity contribution in [1.29, 1.82) is 0 Å². The van der Waals surface area contributed by atoms with E-state index < -0.39 is 9.84 Å². The van der Waals surface area contributed by atoms with Gasteiger partial charge in [0.05, 0.1) is 11.5 Å². The number of hydrogen-bond donors (Lipinski definition) is 2. The number of nitrogens with one attached hydrogen (secondary N) is 2. The van der Waals surface area contributed by atoms with Gasteiger partial charge in [-0.05, 0) is 19.8 Å². The molecule has 0 bridgehead atoms. The van der Waals surface area contributed by atoms with E-state index >= 15 is 0 Å². The van der Waals surface area contributed by atoms with Crippen LogP contribution in [0.1, 0.15) is 18.5 Å². The lowest BCUT2D eigenvalue weighted by molar-refractivity contribution is 0.561. The summed E-state index contributed by atoms with van der Waals surface area (Å²) in [5.74, 6) is 1.20. The van der Waals surface area contributed by atoms with E-state index in [0.29, 0.717) is 11.7 Å². The minimum absolute atomic E-state index is 0.00528. The number of rotatable bonds is 2. The highest BCUT2D eigenvalue weighted by atomic mass is 32.2. The molecular weight excluding hydrogens is 214 g/mol. The topological polar surface area (TPSA) is 74.8 Å². The summed E-state index contributed by atoms with van der Waals surface area (Å²) in [6.07, 6.45) is 3.35. The van der Waals surface area contributed by atoms with Crippen LogP contribution in [0.25, 0.3) is 0 Å². The van der Waals surface area contributed by atoms with E-state index in [9.17, 15) is 8.42 Å². The van der Waals surface area contributed by atoms with Crippen molar-refractivity contribution in [3.8, 4) is 0 Å². The largest absolute Gasteiger partial charge is 0.352 e. The lowest BCUT2D eigenvalue weighted by Gasteiger charge is -2.22. The summed E-state index contributed by atoms with van der Waals surface area (Å²) in [7, 11) is -2.85. The van der Waals surface area contributed by atoms with Gasteiger partial charge in [0.1, 0.15) is 0 Å². The summed E-state index contributed by atoms with van der Waals surface area (Å²) in [6, 6.07) is -0.00528. The van der Waals surface area contributed by atoms with Crippen LogP contribution < -0.4 is 5.32 Å². The fourth-order valence-corrected chi connectivity index (χ4v) is 3.45. The molecule has 2 heterocycles. The average Bonchev–Trinajstić information content (AvgIpc) is 2.49. The molecule has 1 aromatic heterocycles. The number of aromatic nitrogens is 2. The molecule has 6 heteroatoms. The second-order valence-corrected chi connectivity index (χ2v) is 6.24. The number of imidazole rings is 1. The summed E-state index contributed by atoms with van der Waals surface area (Å²) in [4.78, 5) is 7.13. The standard InChI is InChI=1S/C9H15N3O2S/c1-7-5-10-9(11-7)12-8-3-2-4-15(13,14)6-8/h5,8H,2-4,6H2,1H3,(H2,10,11,12). The number of nitrogens with zero attached hydrogens (tertiary/aromatic N) is 1. The maximum absolute atomic E-state index is 11.4. The van der Waals surface area contributed by atoms with Crippen LogP contribution in [0, 0.1) is 6.92 Å². The highest BCUT2D eigenvalue weighted by Crippen LogP contribution is 2.15. The van der Waals surface area contributed by atoms with E-state index in [4.69, 9.17) is 0 Å². The van der Waals surface area contributed by atoms with Gasteiger partial charge < -0.3 is 10.3 Å². The summed E-state index contributed by atoms with van der Waals surface area (Å²) in [5.41, 5.74) is 0.969. The van der Waals surface area contributed by atoms with Crippen LogP contribution in [-0.4, -0.2) is 35.9 Å². The second-order valence-electron chi connectivity index (χ2n) is 4.01. The summed E-state index contributed by atoms with van der Waals surface area (Å²) < 4.78 is 22.8. The van der Waals surface area contributed by atoms with E-state index in [1.807, 2.05) is 6.92 Å². The lowest BCUT2D eigenvalue weighted by atomic mass is 10.2. The van der Waals surface area contributed by atoms with Crippen LogP contribution in [0.2, 0.25) is 0 Å². The molecule has 0 aliphatic carbocycles. The van der Waals surface area contributed by atoms with Gasteiger partial charge in [0, 0.05) is 17.9 Å². The van der Waals surface area contributed by atoms with Crippen LogP contribution in [0.5, 0.6) is 0 Å². The SMILES string of the molecule is Cc1cnc(NC2CCCS(=O)(=O)C2)[nH]1. The van der Waals surface area contributed by atoms with E-state index in [2.05, 4.69) is 15.3 Å². The average molecular weight is 229 g/mol. The quantitative estimate of drug-likeness (QED) is 0.783. The molecule has 1 fully saturated rings. The Kier molecular flexibility index (Phi) is 2.68.